The van der Waals surface area contributed by atoms with E-state index in [0.717, 1.165) is 0 Å². The van der Waals surface area contributed by atoms with E-state index in [9.17, 15) is 4.89 Å². The van der Waals surface area contributed by atoms with Crippen molar-refractivity contribution in [3.05, 3.63) is 22.8 Å². The highest BCUT2D eigenvalue weighted by Crippen LogP contribution is 2.54. The van der Waals surface area contributed by atoms with Gasteiger partial charge in [-0.15, -0.1) is 0 Å². The van der Waals surface area contributed by atoms with Gasteiger partial charge in [-0.25, -0.2) is 13.1 Å². The lowest BCUT2D eigenvalue weighted by Gasteiger charge is -2.42. The van der Waals surface area contributed by atoms with Crippen molar-refractivity contribution < 1.29 is 36.7 Å². The van der Waals surface area contributed by atoms with E-state index in [2.05, 4.69) is 49.9 Å². The Labute approximate surface area is 207 Å². The molecule has 1 N–H and O–H groups in total. The Hall–Kier alpha value is -0.328. The average molecular weight is 534 g/mol. The summed E-state index contributed by atoms with van der Waals surface area (Å²) in [7, 11) is 0.129. The molecule has 0 aromatic heterocycles. The van der Waals surface area contributed by atoms with Crippen molar-refractivity contribution >= 4 is 38.6 Å². The van der Waals surface area contributed by atoms with Crippen LogP contribution in [0.25, 0.3) is 9.69 Å². The molecule has 3 unspecified atom stereocenters. The van der Waals surface area contributed by atoms with Gasteiger partial charge >= 0.3 is 8.60 Å². The predicted molar refractivity (Wildman–Crippen MR) is 137 cm³/mol. The lowest BCUT2D eigenvalue weighted by atomic mass is 9.90. The van der Waals surface area contributed by atoms with Gasteiger partial charge in [-0.05, 0) is 31.4 Å². The first-order valence-corrected chi connectivity index (χ1v) is 16.6. The molecule has 0 amide bonds. The standard InChI is InChI=1S/C20H37BN2O8P2Si/c1-19(2,3)34(9,10)31-16-17(30-33(8,25-7)28-14-12-23-6)20(4,29-18(16)21)15-27-32(24)26-13-11-22-5/h16-18,24H,8,11-15H2,1-4,7,9-10H3/t16-,17?,18+,20+,32?,33?/m0/s1. The molecule has 1 heterocycles. The summed E-state index contributed by atoms with van der Waals surface area (Å²) in [5.41, 5.74) is -1.16. The Morgan fingerprint density at radius 1 is 1.21 bits per heavy atom. The molecule has 6 atom stereocenters. The van der Waals surface area contributed by atoms with Crippen molar-refractivity contribution in [3.8, 4) is 0 Å². The Kier molecular flexibility index (Phi) is 12.4. The smallest absolute Gasteiger partial charge is 0.330 e. The third-order valence-corrected chi connectivity index (χ3v) is 12.7. The molecule has 1 aliphatic rings. The summed E-state index contributed by atoms with van der Waals surface area (Å²) in [4.78, 5) is 16.5. The van der Waals surface area contributed by atoms with Gasteiger partial charge in [0, 0.05) is 13.1 Å². The fourth-order valence-corrected chi connectivity index (χ4v) is 6.08. The fourth-order valence-electron chi connectivity index (χ4n) is 2.81. The average Bonchev–Trinajstić information content (AvgIpc) is 2.95. The van der Waals surface area contributed by atoms with Crippen molar-refractivity contribution in [2.75, 3.05) is 40.0 Å². The molecule has 14 heteroatoms. The van der Waals surface area contributed by atoms with Crippen LogP contribution >= 0.6 is 16.2 Å². The quantitative estimate of drug-likeness (QED) is 0.155. The monoisotopic (exact) mass is 534 g/mol. The van der Waals surface area contributed by atoms with Crippen LogP contribution in [-0.4, -0.2) is 91.2 Å². The topological polar surface area (TPSA) is 93.6 Å². The Balaban J connectivity index is 3.19. The highest BCUT2D eigenvalue weighted by Gasteiger charge is 2.56. The van der Waals surface area contributed by atoms with Crippen LogP contribution in [0.15, 0.2) is 0 Å². The van der Waals surface area contributed by atoms with Crippen molar-refractivity contribution in [2.45, 2.75) is 69.6 Å². The Morgan fingerprint density at radius 3 is 2.32 bits per heavy atom. The zero-order chi connectivity index (χ0) is 26.2. The fraction of sp³-hybridized carbons (Fsp3) is 0.850. The van der Waals surface area contributed by atoms with E-state index in [1.165, 1.54) is 7.11 Å². The maximum atomic E-state index is 10.1. The molecule has 0 aromatic carbocycles. The summed E-state index contributed by atoms with van der Waals surface area (Å²) in [6, 6.07) is -0.853. The molecule has 0 aromatic rings. The van der Waals surface area contributed by atoms with Gasteiger partial charge in [-0.2, -0.15) is 0 Å². The second-order valence-electron chi connectivity index (χ2n) is 9.50. The van der Waals surface area contributed by atoms with E-state index in [1.807, 2.05) is 0 Å². The van der Waals surface area contributed by atoms with Gasteiger partial charge in [-0.3, -0.25) is 0 Å². The van der Waals surface area contributed by atoms with Gasteiger partial charge in [0.25, 0.3) is 7.57 Å². The zero-order valence-electron chi connectivity index (χ0n) is 21.1. The third-order valence-electron chi connectivity index (χ3n) is 5.78. The molecule has 1 aliphatic heterocycles. The van der Waals surface area contributed by atoms with Gasteiger partial charge in [0.1, 0.15) is 32.8 Å². The van der Waals surface area contributed by atoms with Crippen LogP contribution in [-0.2, 0) is 31.8 Å². The Morgan fingerprint density at radius 2 is 1.79 bits per heavy atom. The third kappa shape index (κ3) is 8.96. The lowest BCUT2D eigenvalue weighted by molar-refractivity contribution is -0.0789. The Bertz CT molecular complexity index is 788. The number of nitrogens with zero attached hydrogens (tertiary/aromatic N) is 2. The number of hydrogen-bond donors (Lipinski definition) is 1. The van der Waals surface area contributed by atoms with Crippen LogP contribution in [0.3, 0.4) is 0 Å². The molecule has 1 saturated heterocycles. The first-order valence-electron chi connectivity index (χ1n) is 10.8. The van der Waals surface area contributed by atoms with Gasteiger partial charge < -0.3 is 46.4 Å². The van der Waals surface area contributed by atoms with Gasteiger partial charge in [0.2, 0.25) is 13.1 Å². The first-order chi connectivity index (χ1) is 15.6. The van der Waals surface area contributed by atoms with Crippen molar-refractivity contribution in [2.24, 2.45) is 0 Å². The van der Waals surface area contributed by atoms with E-state index in [-0.39, 0.29) is 37.9 Å². The maximum Gasteiger partial charge on any atom is 0.330 e. The minimum absolute atomic E-state index is 0.0475. The molecular formula is C20H37BN2O8P2Si. The molecule has 0 spiro atoms. The van der Waals surface area contributed by atoms with Gasteiger partial charge in [-0.1, -0.05) is 20.8 Å². The molecule has 2 radical (unpaired) electrons. The molecule has 34 heavy (non-hydrogen) atoms. The van der Waals surface area contributed by atoms with E-state index in [1.54, 1.807) is 6.92 Å². The highest BCUT2D eigenvalue weighted by molar-refractivity contribution is 7.59. The van der Waals surface area contributed by atoms with E-state index in [0.29, 0.717) is 0 Å². The molecule has 10 nitrogen and oxygen atoms in total. The van der Waals surface area contributed by atoms with Crippen molar-refractivity contribution in [1.82, 2.24) is 0 Å². The van der Waals surface area contributed by atoms with Crippen LogP contribution in [0.5, 0.6) is 0 Å². The number of hydrogen-bond acceptors (Lipinski definition) is 8. The van der Waals surface area contributed by atoms with Crippen LogP contribution in [0.1, 0.15) is 27.7 Å². The van der Waals surface area contributed by atoms with E-state index in [4.69, 9.17) is 52.8 Å². The molecule has 0 bridgehead atoms. The van der Waals surface area contributed by atoms with Gasteiger partial charge in [0.15, 0.2) is 8.32 Å². The van der Waals surface area contributed by atoms with E-state index >= 15 is 0 Å². The summed E-state index contributed by atoms with van der Waals surface area (Å²) in [6.45, 7) is 26.2. The molecular weight excluding hydrogens is 497 g/mol. The lowest BCUT2D eigenvalue weighted by Crippen LogP contribution is -2.52. The minimum Gasteiger partial charge on any atom is -0.409 e. The van der Waals surface area contributed by atoms with Crippen LogP contribution in [0, 0.1) is 13.1 Å². The minimum atomic E-state index is -3.12. The molecule has 1 fully saturated rings. The van der Waals surface area contributed by atoms with Crippen LogP contribution < -0.4 is 0 Å². The van der Waals surface area contributed by atoms with Crippen molar-refractivity contribution in [1.29, 1.82) is 0 Å². The largest absolute Gasteiger partial charge is 0.409 e. The normalized spacial score (nSPS) is 28.1. The molecule has 192 valence electrons. The second-order valence-corrected chi connectivity index (χ2v) is 17.3. The first kappa shape index (κ1) is 31.7. The summed E-state index contributed by atoms with van der Waals surface area (Å²) in [6.07, 6.45) is 2.49. The maximum absolute atomic E-state index is 10.1. The molecule has 1 rings (SSSR count). The number of rotatable bonds is 14. The van der Waals surface area contributed by atoms with Crippen LogP contribution in [0.4, 0.5) is 0 Å². The summed E-state index contributed by atoms with van der Waals surface area (Å²) in [5.74, 6) is 0. The van der Waals surface area contributed by atoms with Crippen LogP contribution in [0.2, 0.25) is 18.1 Å². The highest BCUT2D eigenvalue weighted by atomic mass is 31.2. The zero-order valence-corrected chi connectivity index (χ0v) is 23.9. The van der Waals surface area contributed by atoms with Gasteiger partial charge in [0.05, 0.1) is 12.7 Å². The second kappa shape index (κ2) is 13.3. The van der Waals surface area contributed by atoms with Crippen molar-refractivity contribution in [3.63, 3.8) is 0 Å². The van der Waals surface area contributed by atoms with E-state index < -0.39 is 48.3 Å². The number of ether oxygens (including phenoxy) is 1. The summed E-state index contributed by atoms with van der Waals surface area (Å²) >= 11 is 0. The summed E-state index contributed by atoms with van der Waals surface area (Å²) in [5, 5.41) is -0.104. The predicted octanol–water partition coefficient (Wildman–Crippen LogP) is 3.99. The SMILES string of the molecule is [B][C@@H]1O[C@](C)(COP(O)OCC[N+]#[C-])C(OP(=C)(OC)OCC[N+]#[C-])[C@@H]1O[Si](C)(C)C(C)(C)C. The summed E-state index contributed by atoms with van der Waals surface area (Å²) < 4.78 is 40.8. The molecule has 0 saturated carbocycles. The molecule has 0 aliphatic carbocycles.